The molecule has 0 amide bonds. The van der Waals surface area contributed by atoms with Gasteiger partial charge in [-0.3, -0.25) is 4.79 Å². The summed E-state index contributed by atoms with van der Waals surface area (Å²) in [6, 6.07) is 2.64. The van der Waals surface area contributed by atoms with Gasteiger partial charge in [-0.15, -0.1) is 0 Å². The van der Waals surface area contributed by atoms with Crippen LogP contribution in [0.25, 0.3) is 0 Å². The Labute approximate surface area is 194 Å². The number of hydrogen-bond donors (Lipinski definition) is 0. The van der Waals surface area contributed by atoms with Gasteiger partial charge >= 0.3 is 18.1 Å². The highest BCUT2D eigenvalue weighted by Crippen LogP contribution is 2.52. The molecule has 2 aliphatic rings. The van der Waals surface area contributed by atoms with E-state index in [0.717, 1.165) is 12.1 Å². The second-order valence-corrected chi connectivity index (χ2v) is 10.00. The van der Waals surface area contributed by atoms with Crippen LogP contribution >= 0.6 is 0 Å². The van der Waals surface area contributed by atoms with Gasteiger partial charge in [0.15, 0.2) is 0 Å². The van der Waals surface area contributed by atoms with Crippen molar-refractivity contribution in [1.82, 2.24) is 0 Å². The molecule has 8 nitrogen and oxygen atoms in total. The molecule has 0 spiro atoms. The van der Waals surface area contributed by atoms with Crippen LogP contribution in [0.5, 0.6) is 0 Å². The minimum Gasteiger partial charge on any atom is -0.861 e. The summed E-state index contributed by atoms with van der Waals surface area (Å²) in [7, 11) is -4.57. The number of ether oxygens (including phenoxy) is 2. The summed E-state index contributed by atoms with van der Waals surface area (Å²) in [6.45, 7) is 4.44. The van der Waals surface area contributed by atoms with Gasteiger partial charge in [0.25, 0.3) is 10.0 Å². The van der Waals surface area contributed by atoms with Crippen LogP contribution in [0.4, 0.5) is 13.2 Å². The fourth-order valence-electron chi connectivity index (χ4n) is 4.53. The Bertz CT molecular complexity index is 1100. The van der Waals surface area contributed by atoms with Crippen molar-refractivity contribution >= 4 is 27.9 Å². The molecule has 2 fully saturated rings. The molecule has 0 heterocycles. The Morgan fingerprint density at radius 1 is 1.09 bits per heavy atom. The normalized spacial score (nSPS) is 24.6. The Kier molecular flexibility index (Phi) is 7.39. The third-order valence-corrected chi connectivity index (χ3v) is 7.36. The third-order valence-electron chi connectivity index (χ3n) is 6.07. The van der Waals surface area contributed by atoms with E-state index in [2.05, 4.69) is 11.0 Å². The number of alkyl halides is 3. The standard InChI is InChI=1S/C22H24F3NO7S/c1-12(2)20(28)32-9-10-33-21(29)18-14-4-3-13(11-14)17(18)19(27)26-34(30,31)16-7-5-15(6-8-16)22(23,24)25/h5-8,13-14,17-18H,1,3-4,9-11H2,2H3,(H,26,27)/p-1. The lowest BCUT2D eigenvalue weighted by Crippen LogP contribution is -2.41. The molecule has 0 aromatic heterocycles. The summed E-state index contributed by atoms with van der Waals surface area (Å²) >= 11 is 0. The van der Waals surface area contributed by atoms with Crippen LogP contribution in [0.2, 0.25) is 0 Å². The first-order chi connectivity index (χ1) is 15.8. The second-order valence-electron chi connectivity index (χ2n) is 8.40. The largest absolute Gasteiger partial charge is 0.861 e. The van der Waals surface area contributed by atoms with Crippen molar-refractivity contribution < 1.29 is 45.8 Å². The first kappa shape index (κ1) is 25.7. The van der Waals surface area contributed by atoms with Crippen LogP contribution in [0.15, 0.2) is 45.7 Å². The van der Waals surface area contributed by atoms with Crippen molar-refractivity contribution in [3.63, 3.8) is 0 Å². The first-order valence-corrected chi connectivity index (χ1v) is 11.9. The van der Waals surface area contributed by atoms with Crippen molar-refractivity contribution in [1.29, 1.82) is 0 Å². The average molecular weight is 502 g/mol. The lowest BCUT2D eigenvalue weighted by atomic mass is 9.79. The number of carbonyl (C=O) groups is 2. The third kappa shape index (κ3) is 5.60. The van der Waals surface area contributed by atoms with Crippen molar-refractivity contribution in [2.45, 2.75) is 37.3 Å². The number of hydrogen-bond acceptors (Lipinski definition) is 7. The van der Waals surface area contributed by atoms with E-state index in [1.54, 1.807) is 0 Å². The zero-order valence-electron chi connectivity index (χ0n) is 18.2. The maximum absolute atomic E-state index is 12.8. The highest BCUT2D eigenvalue weighted by Gasteiger charge is 2.52. The number of fused-ring (bicyclic) bond motifs is 2. The molecule has 0 radical (unpaired) electrons. The van der Waals surface area contributed by atoms with Gasteiger partial charge < -0.3 is 14.6 Å². The molecular formula is C22H23F3NO7S-. The zero-order chi connectivity index (χ0) is 25.3. The van der Waals surface area contributed by atoms with Crippen molar-refractivity contribution in [3.05, 3.63) is 42.0 Å². The van der Waals surface area contributed by atoms with Gasteiger partial charge in [-0.05, 0) is 68.2 Å². The van der Waals surface area contributed by atoms with Gasteiger partial charge in [0.1, 0.15) is 13.2 Å². The van der Waals surface area contributed by atoms with Crippen LogP contribution in [0.3, 0.4) is 0 Å². The molecule has 2 bridgehead atoms. The highest BCUT2D eigenvalue weighted by atomic mass is 32.2. The molecule has 0 aliphatic heterocycles. The Morgan fingerprint density at radius 3 is 2.21 bits per heavy atom. The van der Waals surface area contributed by atoms with Gasteiger partial charge in [-0.25, -0.2) is 4.79 Å². The van der Waals surface area contributed by atoms with E-state index in [4.69, 9.17) is 9.47 Å². The predicted molar refractivity (Wildman–Crippen MR) is 111 cm³/mol. The molecule has 3 rings (SSSR count). The van der Waals surface area contributed by atoms with Gasteiger partial charge in [-0.1, -0.05) is 6.58 Å². The minimum atomic E-state index is -4.64. The van der Waals surface area contributed by atoms with E-state index in [0.29, 0.717) is 31.4 Å². The average Bonchev–Trinajstić information content (AvgIpc) is 3.37. The topological polar surface area (TPSA) is 122 Å². The lowest BCUT2D eigenvalue weighted by Gasteiger charge is -2.32. The molecular weight excluding hydrogens is 479 g/mol. The summed E-state index contributed by atoms with van der Waals surface area (Å²) in [5, 5.41) is 12.8. The highest BCUT2D eigenvalue weighted by molar-refractivity contribution is 7.90. The molecule has 1 aromatic rings. The molecule has 186 valence electrons. The van der Waals surface area contributed by atoms with Crippen LogP contribution in [-0.2, 0) is 35.3 Å². The molecule has 34 heavy (non-hydrogen) atoms. The maximum Gasteiger partial charge on any atom is 0.416 e. The van der Waals surface area contributed by atoms with Crippen LogP contribution in [0.1, 0.15) is 31.7 Å². The van der Waals surface area contributed by atoms with E-state index < -0.39 is 56.3 Å². The van der Waals surface area contributed by atoms with E-state index in [1.807, 2.05) is 0 Å². The fourth-order valence-corrected chi connectivity index (χ4v) is 5.47. The van der Waals surface area contributed by atoms with Gasteiger partial charge in [0.2, 0.25) is 0 Å². The van der Waals surface area contributed by atoms with E-state index in [1.165, 1.54) is 6.92 Å². The number of carbonyl (C=O) groups excluding carboxylic acids is 2. The number of esters is 2. The zero-order valence-corrected chi connectivity index (χ0v) is 19.0. The van der Waals surface area contributed by atoms with Crippen molar-refractivity contribution in [3.8, 4) is 0 Å². The van der Waals surface area contributed by atoms with Gasteiger partial charge in [0, 0.05) is 11.5 Å². The van der Waals surface area contributed by atoms with Crippen LogP contribution in [0, 0.1) is 23.7 Å². The van der Waals surface area contributed by atoms with Gasteiger partial charge in [0.05, 0.1) is 16.4 Å². The quantitative estimate of drug-likeness (QED) is 0.176. The Hall–Kier alpha value is -2.89. The molecule has 4 atom stereocenters. The summed E-state index contributed by atoms with van der Waals surface area (Å²) < 4.78 is 76.5. The smallest absolute Gasteiger partial charge is 0.416 e. The molecule has 2 aliphatic carbocycles. The van der Waals surface area contributed by atoms with Crippen molar-refractivity contribution in [2.75, 3.05) is 13.2 Å². The summed E-state index contributed by atoms with van der Waals surface area (Å²) in [5.41, 5.74) is -0.858. The maximum atomic E-state index is 12.8. The minimum absolute atomic E-state index is 0.173. The first-order valence-electron chi connectivity index (χ1n) is 10.5. The molecule has 4 unspecified atom stereocenters. The summed E-state index contributed by atoms with van der Waals surface area (Å²) in [6.07, 6.45) is -2.81. The number of rotatable bonds is 8. The van der Waals surface area contributed by atoms with Gasteiger partial charge in [-0.2, -0.15) is 26.0 Å². The lowest BCUT2D eigenvalue weighted by molar-refractivity contribution is -0.227. The molecule has 0 saturated heterocycles. The monoisotopic (exact) mass is 502 g/mol. The molecule has 12 heteroatoms. The van der Waals surface area contributed by atoms with E-state index in [9.17, 15) is 36.3 Å². The van der Waals surface area contributed by atoms with Crippen molar-refractivity contribution in [2.24, 2.45) is 28.1 Å². The second kappa shape index (κ2) is 9.77. The number of nitrogens with zero attached hydrogens (tertiary/aromatic N) is 1. The Balaban J connectivity index is 1.72. The predicted octanol–water partition coefficient (Wildman–Crippen LogP) is 2.48. The van der Waals surface area contributed by atoms with E-state index >= 15 is 0 Å². The van der Waals surface area contributed by atoms with E-state index in [-0.39, 0.29) is 30.6 Å². The Morgan fingerprint density at radius 2 is 1.65 bits per heavy atom. The fraction of sp³-hybridized carbons (Fsp3) is 0.500. The van der Waals surface area contributed by atoms with Crippen LogP contribution in [-0.4, -0.2) is 39.5 Å². The number of benzene rings is 1. The molecule has 2 saturated carbocycles. The van der Waals surface area contributed by atoms with Crippen LogP contribution < -0.4 is 5.11 Å². The number of sulfonamides is 1. The molecule has 0 N–H and O–H groups in total. The summed E-state index contributed by atoms with van der Waals surface area (Å²) in [5.74, 6) is -4.70. The number of halogens is 3. The SMILES string of the molecule is C=C(C)C(=O)OCCOC(=O)C1C2CCC(C2)C1/C([O-])=N/S(=O)(=O)c1ccc(C(F)(F)F)cc1. The molecule has 1 aromatic carbocycles. The summed E-state index contributed by atoms with van der Waals surface area (Å²) in [4.78, 5) is 23.5.